The van der Waals surface area contributed by atoms with Crippen molar-refractivity contribution >= 4 is 17.4 Å². The molecule has 2 N–H and O–H groups in total. The quantitative estimate of drug-likeness (QED) is 0.748. The van der Waals surface area contributed by atoms with Crippen LogP contribution >= 0.6 is 0 Å². The third-order valence-electron chi connectivity index (χ3n) is 2.19. The highest BCUT2D eigenvalue weighted by Gasteiger charge is 2.07. The second kappa shape index (κ2) is 5.30. The van der Waals surface area contributed by atoms with Gasteiger partial charge in [-0.2, -0.15) is 0 Å². The lowest BCUT2D eigenvalue weighted by atomic mass is 10.1. The second-order valence-corrected chi connectivity index (χ2v) is 3.78. The molecule has 16 heavy (non-hydrogen) atoms. The number of nitrogens with one attached hydrogen (secondary N) is 1. The van der Waals surface area contributed by atoms with Crippen molar-refractivity contribution in [1.29, 1.82) is 0 Å². The summed E-state index contributed by atoms with van der Waals surface area (Å²) < 4.78 is 0. The van der Waals surface area contributed by atoms with Crippen LogP contribution in [0.2, 0.25) is 0 Å². The van der Waals surface area contributed by atoms with Crippen molar-refractivity contribution in [2.45, 2.75) is 26.3 Å². The molecule has 0 aliphatic heterocycles. The van der Waals surface area contributed by atoms with Crippen LogP contribution < -0.4 is 5.32 Å². The van der Waals surface area contributed by atoms with Crippen molar-refractivity contribution in [3.05, 3.63) is 29.8 Å². The fraction of sp³-hybridized carbons (Fsp3) is 0.333. The Hall–Kier alpha value is -1.84. The molecule has 4 nitrogen and oxygen atoms in total. The number of anilines is 1. The van der Waals surface area contributed by atoms with Gasteiger partial charge in [0.25, 0.3) is 0 Å². The van der Waals surface area contributed by atoms with Crippen LogP contribution in [0, 0.1) is 0 Å². The Labute approximate surface area is 94.3 Å². The number of ketones is 1. The highest BCUT2D eigenvalue weighted by molar-refractivity contribution is 5.94. The average molecular weight is 221 g/mol. The highest BCUT2D eigenvalue weighted by Crippen LogP contribution is 2.12. The van der Waals surface area contributed by atoms with Crippen molar-refractivity contribution < 1.29 is 14.7 Å². The standard InChI is InChI=1S/C12H15NO3/c1-8(7-12(15)16)13-11-5-3-10(4-6-11)9(2)14/h3-6,8,13H,7H2,1-2H3,(H,15,16). The molecular weight excluding hydrogens is 206 g/mol. The minimum atomic E-state index is -0.833. The van der Waals surface area contributed by atoms with Crippen molar-refractivity contribution in [3.8, 4) is 0 Å². The van der Waals surface area contributed by atoms with E-state index in [1.807, 2.05) is 0 Å². The Kier molecular flexibility index (Phi) is 4.05. The SMILES string of the molecule is CC(=O)c1ccc(NC(C)CC(=O)O)cc1. The van der Waals surface area contributed by atoms with Gasteiger partial charge in [0.05, 0.1) is 6.42 Å². The molecule has 0 bridgehead atoms. The van der Waals surface area contributed by atoms with Gasteiger partial charge < -0.3 is 10.4 Å². The summed E-state index contributed by atoms with van der Waals surface area (Å²) in [4.78, 5) is 21.5. The van der Waals surface area contributed by atoms with Gasteiger partial charge in [-0.1, -0.05) is 0 Å². The molecule has 0 saturated heterocycles. The first kappa shape index (κ1) is 12.2. The van der Waals surface area contributed by atoms with Crippen molar-refractivity contribution in [3.63, 3.8) is 0 Å². The number of carbonyl (C=O) groups is 2. The fourth-order valence-corrected chi connectivity index (χ4v) is 1.40. The molecule has 0 fully saturated rings. The lowest BCUT2D eigenvalue weighted by molar-refractivity contribution is -0.137. The molecule has 0 aliphatic carbocycles. The number of carbonyl (C=O) groups excluding carboxylic acids is 1. The van der Waals surface area contributed by atoms with E-state index in [1.54, 1.807) is 31.2 Å². The summed E-state index contributed by atoms with van der Waals surface area (Å²) in [6.07, 6.45) is 0.0639. The van der Waals surface area contributed by atoms with Crippen LogP contribution in [0.25, 0.3) is 0 Å². The molecule has 0 saturated carbocycles. The molecule has 0 amide bonds. The summed E-state index contributed by atoms with van der Waals surface area (Å²) >= 11 is 0. The Morgan fingerprint density at radius 3 is 2.31 bits per heavy atom. The van der Waals surface area contributed by atoms with E-state index in [9.17, 15) is 9.59 Å². The predicted octanol–water partition coefficient (Wildman–Crippen LogP) is 2.16. The van der Waals surface area contributed by atoms with Crippen molar-refractivity contribution in [2.75, 3.05) is 5.32 Å². The van der Waals surface area contributed by atoms with Gasteiger partial charge in [-0.15, -0.1) is 0 Å². The van der Waals surface area contributed by atoms with E-state index in [1.165, 1.54) is 6.92 Å². The van der Waals surface area contributed by atoms with E-state index in [2.05, 4.69) is 5.32 Å². The lowest BCUT2D eigenvalue weighted by Crippen LogP contribution is -2.19. The molecule has 1 aromatic rings. The topological polar surface area (TPSA) is 66.4 Å². The normalized spacial score (nSPS) is 11.9. The minimum absolute atomic E-state index is 0.0186. The van der Waals surface area contributed by atoms with Crippen molar-refractivity contribution in [1.82, 2.24) is 0 Å². The van der Waals surface area contributed by atoms with E-state index >= 15 is 0 Å². The van der Waals surface area contributed by atoms with Crippen LogP contribution in [0.5, 0.6) is 0 Å². The maximum atomic E-state index is 11.0. The minimum Gasteiger partial charge on any atom is -0.481 e. The Morgan fingerprint density at radius 2 is 1.88 bits per heavy atom. The molecule has 86 valence electrons. The number of carboxylic acids is 1. The van der Waals surface area contributed by atoms with E-state index in [0.29, 0.717) is 5.56 Å². The van der Waals surface area contributed by atoms with E-state index in [4.69, 9.17) is 5.11 Å². The van der Waals surface area contributed by atoms with Crippen LogP contribution in [-0.2, 0) is 4.79 Å². The molecule has 0 aliphatic rings. The fourth-order valence-electron chi connectivity index (χ4n) is 1.40. The molecular formula is C12H15NO3. The number of aliphatic carboxylic acids is 1. The molecule has 0 aromatic heterocycles. The van der Waals surface area contributed by atoms with Gasteiger partial charge in [-0.3, -0.25) is 9.59 Å². The maximum Gasteiger partial charge on any atom is 0.305 e. The molecule has 1 rings (SSSR count). The van der Waals surface area contributed by atoms with E-state index < -0.39 is 5.97 Å². The monoisotopic (exact) mass is 221 g/mol. The summed E-state index contributed by atoms with van der Waals surface area (Å²) in [5, 5.41) is 11.6. The van der Waals surface area contributed by atoms with Gasteiger partial charge in [0, 0.05) is 17.3 Å². The van der Waals surface area contributed by atoms with E-state index in [0.717, 1.165) is 5.69 Å². The van der Waals surface area contributed by atoms with E-state index in [-0.39, 0.29) is 18.2 Å². The van der Waals surface area contributed by atoms with Crippen LogP contribution in [0.3, 0.4) is 0 Å². The average Bonchev–Trinajstić information content (AvgIpc) is 2.16. The highest BCUT2D eigenvalue weighted by atomic mass is 16.4. The Balaban J connectivity index is 2.61. The summed E-state index contributed by atoms with van der Waals surface area (Å²) in [6.45, 7) is 3.31. The number of carboxylic acid groups (broad SMARTS) is 1. The third kappa shape index (κ3) is 3.73. The van der Waals surface area contributed by atoms with Gasteiger partial charge in [0.1, 0.15) is 0 Å². The first-order valence-electron chi connectivity index (χ1n) is 5.08. The Morgan fingerprint density at radius 1 is 1.31 bits per heavy atom. The van der Waals surface area contributed by atoms with Crippen LogP contribution in [0.4, 0.5) is 5.69 Å². The molecule has 1 aromatic carbocycles. The van der Waals surface area contributed by atoms with Gasteiger partial charge >= 0.3 is 5.97 Å². The van der Waals surface area contributed by atoms with Gasteiger partial charge in [-0.25, -0.2) is 0 Å². The predicted molar refractivity (Wildman–Crippen MR) is 61.8 cm³/mol. The molecule has 0 radical (unpaired) electrons. The van der Waals surface area contributed by atoms with Crippen molar-refractivity contribution in [2.24, 2.45) is 0 Å². The van der Waals surface area contributed by atoms with Gasteiger partial charge in [-0.05, 0) is 38.1 Å². The van der Waals surface area contributed by atoms with Gasteiger partial charge in [0.2, 0.25) is 0 Å². The Bertz CT molecular complexity index is 384. The molecule has 0 spiro atoms. The summed E-state index contributed by atoms with van der Waals surface area (Å²) in [5.41, 5.74) is 1.47. The molecule has 1 atom stereocenters. The first-order chi connectivity index (χ1) is 7.49. The zero-order valence-corrected chi connectivity index (χ0v) is 9.36. The van der Waals surface area contributed by atoms with Gasteiger partial charge in [0.15, 0.2) is 5.78 Å². The molecule has 1 unspecified atom stereocenters. The number of benzene rings is 1. The van der Waals surface area contributed by atoms with Crippen LogP contribution in [0.1, 0.15) is 30.6 Å². The summed E-state index contributed by atoms with van der Waals surface area (Å²) in [6, 6.07) is 6.85. The zero-order valence-electron chi connectivity index (χ0n) is 9.36. The first-order valence-corrected chi connectivity index (χ1v) is 5.08. The maximum absolute atomic E-state index is 11.0. The third-order valence-corrected chi connectivity index (χ3v) is 2.19. The number of hydrogen-bond donors (Lipinski definition) is 2. The second-order valence-electron chi connectivity index (χ2n) is 3.78. The lowest BCUT2D eigenvalue weighted by Gasteiger charge is -2.12. The smallest absolute Gasteiger partial charge is 0.305 e. The number of rotatable bonds is 5. The largest absolute Gasteiger partial charge is 0.481 e. The number of Topliss-reactive ketones (excluding diaryl/α,β-unsaturated/α-hetero) is 1. The van der Waals surface area contributed by atoms with Crippen LogP contribution in [-0.4, -0.2) is 22.9 Å². The molecule has 0 heterocycles. The molecule has 4 heteroatoms. The number of hydrogen-bond acceptors (Lipinski definition) is 3. The summed E-state index contributed by atoms with van der Waals surface area (Å²) in [7, 11) is 0. The zero-order chi connectivity index (χ0) is 12.1. The summed E-state index contributed by atoms with van der Waals surface area (Å²) in [5.74, 6) is -0.814. The van der Waals surface area contributed by atoms with Crippen LogP contribution in [0.15, 0.2) is 24.3 Å².